The second-order valence-electron chi connectivity index (χ2n) is 4.66. The van der Waals surface area contributed by atoms with Gasteiger partial charge >= 0.3 is 0 Å². The number of aryl methyl sites for hydroxylation is 1. The number of benzene rings is 1. The summed E-state index contributed by atoms with van der Waals surface area (Å²) in [6.07, 6.45) is 2.72. The number of nitrogens with zero attached hydrogens (tertiary/aromatic N) is 1. The lowest BCUT2D eigenvalue weighted by Crippen LogP contribution is -2.27. The highest BCUT2D eigenvalue weighted by Gasteiger charge is 2.22. The highest BCUT2D eigenvalue weighted by molar-refractivity contribution is 5.77. The summed E-state index contributed by atoms with van der Waals surface area (Å²) in [4.78, 5) is 11.5. The third-order valence-corrected chi connectivity index (χ3v) is 2.97. The van der Waals surface area contributed by atoms with Gasteiger partial charge in [0.1, 0.15) is 0 Å². The fourth-order valence-corrected chi connectivity index (χ4v) is 1.75. The molecule has 1 aliphatic rings. The highest BCUT2D eigenvalue weighted by atomic mass is 16.1. The molecule has 0 aliphatic heterocycles. The van der Waals surface area contributed by atoms with Gasteiger partial charge in [-0.25, -0.2) is 0 Å². The maximum absolute atomic E-state index is 11.5. The third-order valence-electron chi connectivity index (χ3n) is 2.97. The number of rotatable bonds is 5. The standard InChI is InChI=1S/C14H17N3O/c1-10-8-13(3-2-11(10)9-15)16-7-6-14(18)17-12-4-5-12/h2-3,8,12,16H,4-7H2,1H3,(H,17,18). The van der Waals surface area contributed by atoms with Crippen LogP contribution in [0.4, 0.5) is 5.69 Å². The molecule has 94 valence electrons. The SMILES string of the molecule is Cc1cc(NCCC(=O)NC2CC2)ccc1C#N. The van der Waals surface area contributed by atoms with Crippen LogP contribution in [-0.2, 0) is 4.79 Å². The second-order valence-corrected chi connectivity index (χ2v) is 4.66. The van der Waals surface area contributed by atoms with E-state index in [1.54, 1.807) is 6.07 Å². The lowest BCUT2D eigenvalue weighted by atomic mass is 10.1. The summed E-state index contributed by atoms with van der Waals surface area (Å²) in [6, 6.07) is 8.15. The van der Waals surface area contributed by atoms with Gasteiger partial charge in [-0.3, -0.25) is 4.79 Å². The van der Waals surface area contributed by atoms with E-state index in [9.17, 15) is 4.79 Å². The summed E-state index contributed by atoms with van der Waals surface area (Å²) >= 11 is 0. The first-order valence-electron chi connectivity index (χ1n) is 6.23. The molecule has 1 amide bonds. The molecule has 0 unspecified atom stereocenters. The van der Waals surface area contributed by atoms with Crippen molar-refractivity contribution in [1.29, 1.82) is 5.26 Å². The number of carbonyl (C=O) groups excluding carboxylic acids is 1. The van der Waals surface area contributed by atoms with Crippen LogP contribution >= 0.6 is 0 Å². The first-order valence-corrected chi connectivity index (χ1v) is 6.23. The lowest BCUT2D eigenvalue weighted by Gasteiger charge is -2.08. The monoisotopic (exact) mass is 243 g/mol. The van der Waals surface area contributed by atoms with Crippen LogP contribution in [0.25, 0.3) is 0 Å². The predicted octanol–water partition coefficient (Wildman–Crippen LogP) is 1.95. The number of hydrogen-bond donors (Lipinski definition) is 2. The van der Waals surface area contributed by atoms with Crippen LogP contribution < -0.4 is 10.6 Å². The Morgan fingerprint density at radius 1 is 1.50 bits per heavy atom. The van der Waals surface area contributed by atoms with Crippen molar-refractivity contribution in [2.45, 2.75) is 32.2 Å². The summed E-state index contributed by atoms with van der Waals surface area (Å²) in [6.45, 7) is 2.52. The van der Waals surface area contributed by atoms with Gasteiger partial charge in [0.2, 0.25) is 5.91 Å². The Labute approximate surface area is 107 Å². The largest absolute Gasteiger partial charge is 0.385 e. The Morgan fingerprint density at radius 2 is 2.28 bits per heavy atom. The first-order chi connectivity index (χ1) is 8.69. The van der Waals surface area contributed by atoms with E-state index < -0.39 is 0 Å². The summed E-state index contributed by atoms with van der Waals surface area (Å²) in [5.74, 6) is 0.107. The number of carbonyl (C=O) groups is 1. The molecular formula is C14H17N3O. The van der Waals surface area contributed by atoms with Gasteiger partial charge in [0.05, 0.1) is 11.6 Å². The molecule has 1 aliphatic carbocycles. The molecule has 0 heterocycles. The summed E-state index contributed by atoms with van der Waals surface area (Å²) in [7, 11) is 0. The molecule has 1 fully saturated rings. The zero-order valence-corrected chi connectivity index (χ0v) is 10.5. The molecule has 2 N–H and O–H groups in total. The van der Waals surface area contributed by atoms with Gasteiger partial charge in [0, 0.05) is 24.7 Å². The van der Waals surface area contributed by atoms with Crippen LogP contribution in [0.1, 0.15) is 30.4 Å². The molecule has 4 heteroatoms. The van der Waals surface area contributed by atoms with Gasteiger partial charge in [-0.05, 0) is 43.5 Å². The Morgan fingerprint density at radius 3 is 2.89 bits per heavy atom. The van der Waals surface area contributed by atoms with Gasteiger partial charge in [-0.1, -0.05) is 0 Å². The predicted molar refractivity (Wildman–Crippen MR) is 70.2 cm³/mol. The molecular weight excluding hydrogens is 226 g/mol. The van der Waals surface area contributed by atoms with Crippen molar-refractivity contribution in [3.05, 3.63) is 29.3 Å². The van der Waals surface area contributed by atoms with Gasteiger partial charge in [0.25, 0.3) is 0 Å². The van der Waals surface area contributed by atoms with Crippen LogP contribution in [0.2, 0.25) is 0 Å². The van der Waals surface area contributed by atoms with Gasteiger partial charge < -0.3 is 10.6 Å². The van der Waals surface area contributed by atoms with Crippen LogP contribution in [-0.4, -0.2) is 18.5 Å². The average molecular weight is 243 g/mol. The molecule has 1 aromatic carbocycles. The minimum Gasteiger partial charge on any atom is -0.385 e. The fraction of sp³-hybridized carbons (Fsp3) is 0.429. The zero-order chi connectivity index (χ0) is 13.0. The quantitative estimate of drug-likeness (QED) is 0.830. The molecule has 0 atom stereocenters. The number of nitrogens with one attached hydrogen (secondary N) is 2. The third kappa shape index (κ3) is 3.49. The second kappa shape index (κ2) is 5.54. The first kappa shape index (κ1) is 12.4. The molecule has 1 saturated carbocycles. The normalized spacial score (nSPS) is 13.8. The molecule has 0 radical (unpaired) electrons. The van der Waals surface area contributed by atoms with E-state index >= 15 is 0 Å². The Balaban J connectivity index is 1.77. The Bertz CT molecular complexity index is 486. The van der Waals surface area contributed by atoms with E-state index in [4.69, 9.17) is 5.26 Å². The molecule has 4 nitrogen and oxygen atoms in total. The van der Waals surface area contributed by atoms with E-state index in [1.165, 1.54) is 0 Å². The van der Waals surface area contributed by atoms with E-state index in [2.05, 4.69) is 16.7 Å². The van der Waals surface area contributed by atoms with Crippen molar-refractivity contribution in [1.82, 2.24) is 5.32 Å². The van der Waals surface area contributed by atoms with Crippen LogP contribution in [0.5, 0.6) is 0 Å². The van der Waals surface area contributed by atoms with Crippen LogP contribution in [0.15, 0.2) is 18.2 Å². The number of hydrogen-bond acceptors (Lipinski definition) is 3. The molecule has 2 rings (SSSR count). The Hall–Kier alpha value is -2.02. The summed E-state index contributed by atoms with van der Waals surface area (Å²) in [5.41, 5.74) is 2.59. The molecule has 0 aromatic heterocycles. The van der Waals surface area contributed by atoms with E-state index in [0.717, 1.165) is 24.1 Å². The molecule has 18 heavy (non-hydrogen) atoms. The van der Waals surface area contributed by atoms with Crippen LogP contribution in [0.3, 0.4) is 0 Å². The molecule has 0 bridgehead atoms. The zero-order valence-electron chi connectivity index (χ0n) is 10.5. The Kier molecular flexibility index (Phi) is 3.83. The van der Waals surface area contributed by atoms with E-state index in [0.29, 0.717) is 24.6 Å². The van der Waals surface area contributed by atoms with E-state index in [-0.39, 0.29) is 5.91 Å². The van der Waals surface area contributed by atoms with Crippen LogP contribution in [0, 0.1) is 18.3 Å². The number of nitriles is 1. The van der Waals surface area contributed by atoms with Crippen molar-refractivity contribution in [3.63, 3.8) is 0 Å². The van der Waals surface area contributed by atoms with Gasteiger partial charge in [-0.2, -0.15) is 5.26 Å². The van der Waals surface area contributed by atoms with Crippen molar-refractivity contribution in [2.24, 2.45) is 0 Å². The van der Waals surface area contributed by atoms with Crippen molar-refractivity contribution < 1.29 is 4.79 Å². The smallest absolute Gasteiger partial charge is 0.221 e. The lowest BCUT2D eigenvalue weighted by molar-refractivity contribution is -0.120. The molecule has 0 saturated heterocycles. The topological polar surface area (TPSA) is 64.9 Å². The average Bonchev–Trinajstić information content (AvgIpc) is 3.13. The summed E-state index contributed by atoms with van der Waals surface area (Å²) in [5, 5.41) is 15.0. The van der Waals surface area contributed by atoms with Crippen molar-refractivity contribution >= 4 is 11.6 Å². The maximum atomic E-state index is 11.5. The van der Waals surface area contributed by atoms with Crippen molar-refractivity contribution in [3.8, 4) is 6.07 Å². The van der Waals surface area contributed by atoms with E-state index in [1.807, 2.05) is 19.1 Å². The van der Waals surface area contributed by atoms with Gasteiger partial charge in [-0.15, -0.1) is 0 Å². The molecule has 1 aromatic rings. The number of anilines is 1. The minimum absolute atomic E-state index is 0.107. The minimum atomic E-state index is 0.107. The fourth-order valence-electron chi connectivity index (χ4n) is 1.75. The number of amides is 1. The molecule has 0 spiro atoms. The van der Waals surface area contributed by atoms with Gasteiger partial charge in [0.15, 0.2) is 0 Å². The highest BCUT2D eigenvalue weighted by Crippen LogP contribution is 2.18. The maximum Gasteiger partial charge on any atom is 0.221 e. The summed E-state index contributed by atoms with van der Waals surface area (Å²) < 4.78 is 0. The van der Waals surface area contributed by atoms with Crippen molar-refractivity contribution in [2.75, 3.05) is 11.9 Å².